The van der Waals surface area contributed by atoms with Crippen LogP contribution in [0.2, 0.25) is 0 Å². The van der Waals surface area contributed by atoms with Crippen LogP contribution in [0.15, 0.2) is 52.7 Å². The molecule has 168 valence electrons. The van der Waals surface area contributed by atoms with Crippen LogP contribution in [0, 0.1) is 6.92 Å². The molecule has 0 unspecified atom stereocenters. The fourth-order valence-electron chi connectivity index (χ4n) is 2.90. The molecule has 0 aliphatic rings. The summed E-state index contributed by atoms with van der Waals surface area (Å²) in [5, 5.41) is 3.42. The first-order valence-electron chi connectivity index (χ1n) is 9.65. The third kappa shape index (κ3) is 5.79. The number of aromatic nitrogens is 3. The number of benzene rings is 1. The minimum atomic E-state index is -0.294. The Morgan fingerprint density at radius 3 is 2.56 bits per heavy atom. The van der Waals surface area contributed by atoms with E-state index in [4.69, 9.17) is 14.2 Å². The van der Waals surface area contributed by atoms with E-state index >= 15 is 0 Å². The number of carbonyl (C=O) groups excluding carboxylic acids is 1. The molecule has 2 heterocycles. The second kappa shape index (κ2) is 10.7. The average molecular weight is 457 g/mol. The number of methoxy groups -OCH3 is 3. The highest BCUT2D eigenvalue weighted by atomic mass is 32.2. The number of pyridine rings is 1. The Kier molecular flexibility index (Phi) is 7.72. The maximum Gasteiger partial charge on any atom is 0.244 e. The minimum absolute atomic E-state index is 0.0314. The summed E-state index contributed by atoms with van der Waals surface area (Å²) in [4.78, 5) is 33.7. The van der Waals surface area contributed by atoms with Gasteiger partial charge in [0.2, 0.25) is 11.3 Å². The first-order valence-corrected chi connectivity index (χ1v) is 10.6. The van der Waals surface area contributed by atoms with Crippen molar-refractivity contribution < 1.29 is 19.0 Å². The highest BCUT2D eigenvalue weighted by molar-refractivity contribution is 7.98. The predicted molar refractivity (Wildman–Crippen MR) is 122 cm³/mol. The van der Waals surface area contributed by atoms with Crippen molar-refractivity contribution in [1.82, 2.24) is 14.5 Å². The number of thioether (sulfide) groups is 1. The van der Waals surface area contributed by atoms with E-state index in [1.807, 2.05) is 13.0 Å². The fraction of sp³-hybridized carbons (Fsp3) is 0.273. The number of carbonyl (C=O) groups is 1. The molecule has 0 saturated carbocycles. The summed E-state index contributed by atoms with van der Waals surface area (Å²) in [7, 11) is 4.48. The molecular formula is C22H24N4O5S. The fourth-order valence-corrected chi connectivity index (χ4v) is 3.77. The van der Waals surface area contributed by atoms with Gasteiger partial charge >= 0.3 is 0 Å². The molecule has 3 rings (SSSR count). The Bertz CT molecular complexity index is 1170. The first-order chi connectivity index (χ1) is 15.4. The van der Waals surface area contributed by atoms with Crippen LogP contribution in [0.3, 0.4) is 0 Å². The smallest absolute Gasteiger partial charge is 0.244 e. The third-order valence-corrected chi connectivity index (χ3v) is 5.42. The van der Waals surface area contributed by atoms with Gasteiger partial charge in [0.05, 0.1) is 33.2 Å². The van der Waals surface area contributed by atoms with E-state index in [1.54, 1.807) is 36.1 Å². The van der Waals surface area contributed by atoms with Gasteiger partial charge in [0.25, 0.3) is 0 Å². The summed E-state index contributed by atoms with van der Waals surface area (Å²) in [5.74, 6) is 1.35. The van der Waals surface area contributed by atoms with Crippen LogP contribution in [0.25, 0.3) is 0 Å². The number of aryl methyl sites for hydroxylation is 1. The lowest BCUT2D eigenvalue weighted by atomic mass is 10.2. The largest absolute Gasteiger partial charge is 0.497 e. The van der Waals surface area contributed by atoms with E-state index in [0.29, 0.717) is 33.8 Å². The van der Waals surface area contributed by atoms with Crippen LogP contribution in [-0.4, -0.2) is 41.8 Å². The molecule has 0 radical (unpaired) electrons. The van der Waals surface area contributed by atoms with Crippen molar-refractivity contribution in [3.05, 3.63) is 64.3 Å². The molecule has 0 atom stereocenters. The summed E-state index contributed by atoms with van der Waals surface area (Å²) >= 11 is 1.38. The molecule has 1 N–H and O–H groups in total. The molecule has 9 nitrogen and oxygen atoms in total. The van der Waals surface area contributed by atoms with Gasteiger partial charge in [-0.2, -0.15) is 0 Å². The Labute approximate surface area is 189 Å². The SMILES string of the molecule is COc1ccc(NC(=O)Cn2cc(OC)c(=O)cc2CSc2nccc(C)n2)c(OC)c1. The number of nitrogens with zero attached hydrogens (tertiary/aromatic N) is 3. The topological polar surface area (TPSA) is 105 Å². The second-order valence-electron chi connectivity index (χ2n) is 6.71. The van der Waals surface area contributed by atoms with Gasteiger partial charge in [-0.05, 0) is 25.1 Å². The summed E-state index contributed by atoms with van der Waals surface area (Å²) in [6.45, 7) is 1.85. The van der Waals surface area contributed by atoms with Gasteiger partial charge in [0.15, 0.2) is 10.9 Å². The van der Waals surface area contributed by atoms with Crippen LogP contribution in [0.1, 0.15) is 11.4 Å². The Morgan fingerprint density at radius 1 is 1.09 bits per heavy atom. The van der Waals surface area contributed by atoms with E-state index < -0.39 is 0 Å². The molecule has 3 aromatic rings. The molecule has 32 heavy (non-hydrogen) atoms. The molecular weight excluding hydrogens is 432 g/mol. The van der Waals surface area contributed by atoms with Gasteiger partial charge in [-0.15, -0.1) is 0 Å². The zero-order chi connectivity index (χ0) is 23.1. The number of amides is 1. The van der Waals surface area contributed by atoms with Crippen molar-refractivity contribution >= 4 is 23.4 Å². The van der Waals surface area contributed by atoms with Crippen molar-refractivity contribution in [2.75, 3.05) is 26.6 Å². The Morgan fingerprint density at radius 2 is 1.88 bits per heavy atom. The molecule has 10 heteroatoms. The second-order valence-corrected chi connectivity index (χ2v) is 7.65. The lowest BCUT2D eigenvalue weighted by molar-refractivity contribution is -0.116. The molecule has 1 amide bonds. The maximum atomic E-state index is 12.8. The molecule has 0 spiro atoms. The van der Waals surface area contributed by atoms with Gasteiger partial charge in [0, 0.05) is 35.5 Å². The van der Waals surface area contributed by atoms with Crippen LogP contribution >= 0.6 is 11.8 Å². The van der Waals surface area contributed by atoms with Crippen molar-refractivity contribution in [3.8, 4) is 17.2 Å². The summed E-state index contributed by atoms with van der Waals surface area (Å²) < 4.78 is 17.3. The van der Waals surface area contributed by atoms with Gasteiger partial charge in [-0.3, -0.25) is 9.59 Å². The Hall–Kier alpha value is -3.53. The number of rotatable bonds is 9. The molecule has 0 bridgehead atoms. The third-order valence-electron chi connectivity index (χ3n) is 4.52. The molecule has 0 fully saturated rings. The van der Waals surface area contributed by atoms with Crippen molar-refractivity contribution in [2.24, 2.45) is 0 Å². The van der Waals surface area contributed by atoms with Gasteiger partial charge in [0.1, 0.15) is 18.0 Å². The minimum Gasteiger partial charge on any atom is -0.497 e. The molecule has 0 aliphatic carbocycles. The van der Waals surface area contributed by atoms with Crippen LogP contribution < -0.4 is 25.0 Å². The van der Waals surface area contributed by atoms with Crippen LogP contribution in [-0.2, 0) is 17.1 Å². The molecule has 0 saturated heterocycles. The quantitative estimate of drug-likeness (QED) is 0.387. The predicted octanol–water partition coefficient (Wildman–Crippen LogP) is 2.90. The van der Waals surface area contributed by atoms with E-state index in [9.17, 15) is 9.59 Å². The van der Waals surface area contributed by atoms with Crippen molar-refractivity contribution in [1.29, 1.82) is 0 Å². The highest BCUT2D eigenvalue weighted by Gasteiger charge is 2.14. The van der Waals surface area contributed by atoms with Gasteiger partial charge in [-0.25, -0.2) is 9.97 Å². The van der Waals surface area contributed by atoms with Crippen molar-refractivity contribution in [2.45, 2.75) is 24.4 Å². The molecule has 1 aromatic carbocycles. The maximum absolute atomic E-state index is 12.8. The van der Waals surface area contributed by atoms with Gasteiger partial charge in [-0.1, -0.05) is 11.8 Å². The zero-order valence-corrected chi connectivity index (χ0v) is 19.1. The summed E-state index contributed by atoms with van der Waals surface area (Å²) in [6.07, 6.45) is 3.21. The van der Waals surface area contributed by atoms with Crippen LogP contribution in [0.4, 0.5) is 5.69 Å². The summed E-state index contributed by atoms with van der Waals surface area (Å²) in [6, 6.07) is 8.38. The normalized spacial score (nSPS) is 10.5. The van der Waals surface area contributed by atoms with Crippen LogP contribution in [0.5, 0.6) is 17.2 Å². The Balaban J connectivity index is 1.81. The van der Waals surface area contributed by atoms with E-state index in [-0.39, 0.29) is 23.6 Å². The number of anilines is 1. The lowest BCUT2D eigenvalue weighted by Crippen LogP contribution is -2.23. The van der Waals surface area contributed by atoms with Gasteiger partial charge < -0.3 is 24.1 Å². The summed E-state index contributed by atoms with van der Waals surface area (Å²) in [5.41, 5.74) is 1.74. The first kappa shape index (κ1) is 23.1. The van der Waals surface area contributed by atoms with E-state index in [0.717, 1.165) is 5.69 Å². The molecule has 2 aromatic heterocycles. The van der Waals surface area contributed by atoms with Crippen molar-refractivity contribution in [3.63, 3.8) is 0 Å². The number of hydrogen-bond donors (Lipinski definition) is 1. The highest BCUT2D eigenvalue weighted by Crippen LogP contribution is 2.29. The monoisotopic (exact) mass is 456 g/mol. The number of ether oxygens (including phenoxy) is 3. The number of nitrogens with one attached hydrogen (secondary N) is 1. The zero-order valence-electron chi connectivity index (χ0n) is 18.2. The van der Waals surface area contributed by atoms with E-state index in [1.165, 1.54) is 38.2 Å². The standard InChI is InChI=1S/C22H24N4O5S/c1-14-7-8-23-22(24-14)32-13-15-9-18(27)20(31-4)11-26(15)12-21(28)25-17-6-5-16(29-2)10-19(17)30-3/h5-11H,12-13H2,1-4H3,(H,25,28). The van der Waals surface area contributed by atoms with E-state index in [2.05, 4.69) is 15.3 Å². The lowest BCUT2D eigenvalue weighted by Gasteiger charge is -2.16. The number of hydrogen-bond acceptors (Lipinski definition) is 8. The molecule has 0 aliphatic heterocycles. The average Bonchev–Trinajstić information content (AvgIpc) is 2.79.